The summed E-state index contributed by atoms with van der Waals surface area (Å²) >= 11 is 12.4. The molecule has 11 heteroatoms. The summed E-state index contributed by atoms with van der Waals surface area (Å²) < 4.78 is 28.9. The van der Waals surface area contributed by atoms with E-state index in [1.807, 2.05) is 6.92 Å². The van der Waals surface area contributed by atoms with Crippen LogP contribution in [0.25, 0.3) is 5.69 Å². The predicted octanol–water partition coefficient (Wildman–Crippen LogP) is 4.05. The van der Waals surface area contributed by atoms with E-state index in [0.717, 1.165) is 5.56 Å². The van der Waals surface area contributed by atoms with Gasteiger partial charge < -0.3 is 14.6 Å². The number of aryl methyl sites for hydroxylation is 1. The van der Waals surface area contributed by atoms with E-state index < -0.39 is 32.5 Å². The summed E-state index contributed by atoms with van der Waals surface area (Å²) in [5, 5.41) is 9.32. The van der Waals surface area contributed by atoms with Crippen molar-refractivity contribution in [3.05, 3.63) is 76.3 Å². The molecule has 0 spiro atoms. The molecule has 1 amide bonds. The highest BCUT2D eigenvalue weighted by atomic mass is 35.5. The molecule has 1 saturated heterocycles. The van der Waals surface area contributed by atoms with E-state index in [1.165, 1.54) is 17.0 Å². The fourth-order valence-electron chi connectivity index (χ4n) is 4.98. The van der Waals surface area contributed by atoms with Crippen molar-refractivity contribution in [1.82, 2.24) is 14.5 Å². The van der Waals surface area contributed by atoms with Gasteiger partial charge in [-0.05, 0) is 62.1 Å². The van der Waals surface area contributed by atoms with Crippen molar-refractivity contribution in [2.24, 2.45) is 0 Å². The number of imidazole rings is 1. The Balaban J connectivity index is 1.44. The van der Waals surface area contributed by atoms with Gasteiger partial charge in [0.05, 0.1) is 20.6 Å². The number of aliphatic carboxylic acids is 1. The molecule has 1 N–H and O–H groups in total. The molecule has 1 aliphatic carbocycles. The van der Waals surface area contributed by atoms with Crippen LogP contribution in [-0.2, 0) is 24.8 Å². The van der Waals surface area contributed by atoms with E-state index in [-0.39, 0.29) is 28.8 Å². The van der Waals surface area contributed by atoms with E-state index in [1.54, 1.807) is 47.3 Å². The topological polar surface area (TPSA) is 110 Å². The van der Waals surface area contributed by atoms with Gasteiger partial charge in [-0.15, -0.1) is 0 Å². The number of likely N-dealkylation sites (tertiary alicyclic amines) is 1. The molecule has 1 aromatic heterocycles. The Hall–Kier alpha value is -2.88. The minimum absolute atomic E-state index is 0.0251. The molecule has 1 saturated carbocycles. The summed E-state index contributed by atoms with van der Waals surface area (Å²) in [6.07, 6.45) is 4.28. The zero-order valence-electron chi connectivity index (χ0n) is 19.3. The molecule has 188 valence electrons. The van der Waals surface area contributed by atoms with Crippen LogP contribution in [0.1, 0.15) is 30.7 Å². The highest BCUT2D eigenvalue weighted by Crippen LogP contribution is 2.51. The van der Waals surface area contributed by atoms with E-state index in [9.17, 15) is 23.1 Å². The second-order valence-electron chi connectivity index (χ2n) is 9.26. The number of carbonyl (C=O) groups is 2. The van der Waals surface area contributed by atoms with Crippen LogP contribution in [0.5, 0.6) is 0 Å². The molecule has 2 aliphatic rings. The molecule has 3 aromatic rings. The van der Waals surface area contributed by atoms with Gasteiger partial charge in [0.15, 0.2) is 9.84 Å². The van der Waals surface area contributed by atoms with Crippen LogP contribution >= 0.6 is 23.2 Å². The number of halogens is 2. The molecule has 0 unspecified atom stereocenters. The second kappa shape index (κ2) is 8.90. The van der Waals surface area contributed by atoms with E-state index >= 15 is 0 Å². The smallest absolute Gasteiger partial charge is 0.326 e. The normalized spacial score (nSPS) is 20.9. The largest absolute Gasteiger partial charge is 0.480 e. The maximum atomic E-state index is 13.6. The first-order chi connectivity index (χ1) is 17.0. The first-order valence-electron chi connectivity index (χ1n) is 11.4. The molecule has 2 aromatic carbocycles. The lowest BCUT2D eigenvalue weighted by atomic mass is 9.94. The van der Waals surface area contributed by atoms with Gasteiger partial charge in [-0.25, -0.2) is 18.2 Å². The number of benzene rings is 2. The lowest BCUT2D eigenvalue weighted by molar-refractivity contribution is -0.149. The zero-order chi connectivity index (χ0) is 25.8. The Kier molecular flexibility index (Phi) is 6.13. The molecule has 36 heavy (non-hydrogen) atoms. The highest BCUT2D eigenvalue weighted by molar-refractivity contribution is 7.92. The van der Waals surface area contributed by atoms with Crippen LogP contribution < -0.4 is 0 Å². The molecule has 0 bridgehead atoms. The first-order valence-corrected chi connectivity index (χ1v) is 13.7. The molecule has 8 nitrogen and oxygen atoms in total. The third-order valence-corrected chi connectivity index (χ3v) is 9.99. The third kappa shape index (κ3) is 4.09. The standard InChI is InChI=1S/C25H23Cl2N3O5S/c1-15-28-10-11-29(15)18-6-7-22(20(27)12-18)36(34,35)19-13-21(23(31)32)30(14-19)24(33)25(8-9-25)16-2-4-17(26)5-3-16/h2-7,10-12,19,21H,8-9,13-14H2,1H3,(H,31,32)/t19-,21+/m1/s1. The second-order valence-corrected chi connectivity index (χ2v) is 12.3. The van der Waals surface area contributed by atoms with Crippen LogP contribution in [0.2, 0.25) is 10.0 Å². The zero-order valence-corrected chi connectivity index (χ0v) is 21.6. The van der Waals surface area contributed by atoms with Crippen LogP contribution in [-0.4, -0.2) is 57.7 Å². The fraction of sp³-hybridized carbons (Fsp3) is 0.320. The molecule has 5 rings (SSSR count). The molecule has 2 atom stereocenters. The Morgan fingerprint density at radius 3 is 2.36 bits per heavy atom. The highest BCUT2D eigenvalue weighted by Gasteiger charge is 2.57. The van der Waals surface area contributed by atoms with E-state index in [4.69, 9.17) is 23.2 Å². The van der Waals surface area contributed by atoms with Gasteiger partial charge in [-0.2, -0.15) is 0 Å². The minimum Gasteiger partial charge on any atom is -0.480 e. The van der Waals surface area contributed by atoms with E-state index in [0.29, 0.717) is 29.4 Å². The quantitative estimate of drug-likeness (QED) is 0.498. The van der Waals surface area contributed by atoms with Crippen LogP contribution in [0.3, 0.4) is 0 Å². The number of hydrogen-bond acceptors (Lipinski definition) is 5. The monoisotopic (exact) mass is 547 g/mol. The van der Waals surface area contributed by atoms with Gasteiger partial charge >= 0.3 is 5.97 Å². The summed E-state index contributed by atoms with van der Waals surface area (Å²) in [5.41, 5.74) is 0.554. The van der Waals surface area contributed by atoms with Crippen molar-refractivity contribution in [2.45, 2.75) is 47.8 Å². The Bertz CT molecular complexity index is 1470. The predicted molar refractivity (Wildman–Crippen MR) is 134 cm³/mol. The van der Waals surface area contributed by atoms with Crippen molar-refractivity contribution in [2.75, 3.05) is 6.54 Å². The Morgan fingerprint density at radius 2 is 1.81 bits per heavy atom. The number of aromatic nitrogens is 2. The van der Waals surface area contributed by atoms with Crippen molar-refractivity contribution in [3.8, 4) is 5.69 Å². The van der Waals surface area contributed by atoms with Gasteiger partial charge in [-0.1, -0.05) is 35.3 Å². The molecular weight excluding hydrogens is 525 g/mol. The molecule has 0 radical (unpaired) electrons. The average molecular weight is 548 g/mol. The number of nitrogens with zero attached hydrogens (tertiary/aromatic N) is 3. The number of carboxylic acids is 1. The van der Waals surface area contributed by atoms with Crippen LogP contribution in [0.4, 0.5) is 0 Å². The summed E-state index contributed by atoms with van der Waals surface area (Å²) in [7, 11) is -4.02. The lowest BCUT2D eigenvalue weighted by Crippen LogP contribution is -2.46. The van der Waals surface area contributed by atoms with Gasteiger partial charge in [0, 0.05) is 29.6 Å². The van der Waals surface area contributed by atoms with E-state index in [2.05, 4.69) is 4.98 Å². The minimum atomic E-state index is -4.02. The van der Waals surface area contributed by atoms with Gasteiger partial charge in [-0.3, -0.25) is 4.79 Å². The number of sulfone groups is 1. The maximum Gasteiger partial charge on any atom is 0.326 e. The van der Waals surface area contributed by atoms with Crippen LogP contribution in [0, 0.1) is 6.92 Å². The third-order valence-electron chi connectivity index (χ3n) is 7.13. The van der Waals surface area contributed by atoms with Crippen molar-refractivity contribution in [3.63, 3.8) is 0 Å². The fourth-order valence-corrected chi connectivity index (χ4v) is 7.34. The lowest BCUT2D eigenvalue weighted by Gasteiger charge is -2.27. The molecule has 1 aliphatic heterocycles. The van der Waals surface area contributed by atoms with Gasteiger partial charge in [0.1, 0.15) is 11.9 Å². The number of hydrogen-bond donors (Lipinski definition) is 1. The summed E-state index contributed by atoms with van der Waals surface area (Å²) in [4.78, 5) is 31.0. The number of carbonyl (C=O) groups excluding carboxylic acids is 1. The Morgan fingerprint density at radius 1 is 1.11 bits per heavy atom. The van der Waals surface area contributed by atoms with Gasteiger partial charge in [0.25, 0.3) is 0 Å². The van der Waals surface area contributed by atoms with Crippen molar-refractivity contribution < 1.29 is 23.1 Å². The first kappa shape index (κ1) is 24.8. The maximum absolute atomic E-state index is 13.6. The molecular formula is C25H23Cl2N3O5S. The SMILES string of the molecule is Cc1nccn1-c1ccc(S(=O)(=O)[C@@H]2C[C@@H](C(=O)O)N(C(=O)C3(c4ccc(Cl)cc4)CC3)C2)c(Cl)c1. The molecule has 2 heterocycles. The van der Waals surface area contributed by atoms with Crippen LogP contribution in [0.15, 0.2) is 59.8 Å². The summed E-state index contributed by atoms with van der Waals surface area (Å²) in [6, 6.07) is 10.2. The van der Waals surface area contributed by atoms with Crippen molar-refractivity contribution >= 4 is 44.9 Å². The average Bonchev–Trinajstić information content (AvgIpc) is 3.31. The van der Waals surface area contributed by atoms with Crippen molar-refractivity contribution in [1.29, 1.82) is 0 Å². The number of carboxylic acid groups (broad SMARTS) is 1. The number of rotatable bonds is 6. The molecule has 2 fully saturated rings. The number of amides is 1. The Labute approximate surface area is 218 Å². The summed E-state index contributed by atoms with van der Waals surface area (Å²) in [6.45, 7) is 1.59. The van der Waals surface area contributed by atoms with Gasteiger partial charge in [0.2, 0.25) is 5.91 Å². The summed E-state index contributed by atoms with van der Waals surface area (Å²) in [5.74, 6) is -0.887.